The number of aromatic nitrogens is 3. The van der Waals surface area contributed by atoms with Gasteiger partial charge in [0.1, 0.15) is 18.2 Å². The molecule has 1 aromatic heterocycles. The van der Waals surface area contributed by atoms with Gasteiger partial charge in [0.25, 0.3) is 0 Å². The van der Waals surface area contributed by atoms with Crippen molar-refractivity contribution in [1.82, 2.24) is 14.8 Å². The molecule has 33 heavy (non-hydrogen) atoms. The molecule has 0 bridgehead atoms. The van der Waals surface area contributed by atoms with Gasteiger partial charge in [-0.1, -0.05) is 60.3 Å². The van der Waals surface area contributed by atoms with Crippen LogP contribution in [-0.4, -0.2) is 44.1 Å². The molecule has 168 valence electrons. The summed E-state index contributed by atoms with van der Waals surface area (Å²) in [6.45, 7) is 1.67. The molecular formula is C26H25N3O3S. The van der Waals surface area contributed by atoms with Gasteiger partial charge in [-0.25, -0.2) is 0 Å². The van der Waals surface area contributed by atoms with Crippen LogP contribution in [0.4, 0.5) is 0 Å². The molecule has 7 heteroatoms. The van der Waals surface area contributed by atoms with E-state index < -0.39 is 6.10 Å². The van der Waals surface area contributed by atoms with Gasteiger partial charge in [0, 0.05) is 23.4 Å². The standard InChI is InChI=1S/C26H25N3O3S/c1-19(30)21-12-14-24(15-13-21)32-17-23(31)18-33-26-28-27-25(16-20-8-4-2-5-9-20)29(26)22-10-6-3-7-11-22/h2-15,23,31H,16-18H2,1H3/t23-/m1/s1. The highest BCUT2D eigenvalue weighted by Crippen LogP contribution is 2.24. The number of para-hydroxylation sites is 1. The average Bonchev–Trinajstić information content (AvgIpc) is 3.25. The number of hydrogen-bond donors (Lipinski definition) is 1. The molecule has 0 spiro atoms. The van der Waals surface area contributed by atoms with Gasteiger partial charge >= 0.3 is 0 Å². The molecular weight excluding hydrogens is 434 g/mol. The van der Waals surface area contributed by atoms with Crippen LogP contribution in [0.3, 0.4) is 0 Å². The first-order valence-corrected chi connectivity index (χ1v) is 11.7. The molecule has 0 saturated heterocycles. The van der Waals surface area contributed by atoms with Crippen molar-refractivity contribution < 1.29 is 14.6 Å². The first kappa shape index (κ1) is 22.8. The Kier molecular flexibility index (Phi) is 7.55. The molecule has 4 aromatic rings. The van der Waals surface area contributed by atoms with E-state index in [1.807, 2.05) is 53.1 Å². The summed E-state index contributed by atoms with van der Waals surface area (Å²) >= 11 is 1.44. The van der Waals surface area contributed by atoms with E-state index in [-0.39, 0.29) is 12.4 Å². The van der Waals surface area contributed by atoms with Gasteiger partial charge in [-0.05, 0) is 48.9 Å². The third kappa shape index (κ3) is 6.09. The van der Waals surface area contributed by atoms with Crippen molar-refractivity contribution in [2.45, 2.75) is 24.6 Å². The Labute approximate surface area is 197 Å². The van der Waals surface area contributed by atoms with Crippen LogP contribution in [-0.2, 0) is 6.42 Å². The Morgan fingerprint density at radius 1 is 0.970 bits per heavy atom. The van der Waals surface area contributed by atoms with E-state index in [1.54, 1.807) is 24.3 Å². The summed E-state index contributed by atoms with van der Waals surface area (Å²) in [5.74, 6) is 1.86. The van der Waals surface area contributed by atoms with Crippen LogP contribution < -0.4 is 4.74 Å². The number of hydrogen-bond acceptors (Lipinski definition) is 6. The van der Waals surface area contributed by atoms with E-state index >= 15 is 0 Å². The predicted molar refractivity (Wildman–Crippen MR) is 129 cm³/mol. The number of thioether (sulfide) groups is 1. The van der Waals surface area contributed by atoms with E-state index in [1.165, 1.54) is 18.7 Å². The molecule has 4 rings (SSSR count). The summed E-state index contributed by atoms with van der Waals surface area (Å²) in [4.78, 5) is 11.4. The number of aliphatic hydroxyl groups is 1. The highest BCUT2D eigenvalue weighted by atomic mass is 32.2. The highest BCUT2D eigenvalue weighted by Gasteiger charge is 2.17. The fourth-order valence-electron chi connectivity index (χ4n) is 3.32. The fraction of sp³-hybridized carbons (Fsp3) is 0.192. The molecule has 0 aliphatic heterocycles. The number of nitrogens with zero attached hydrogens (tertiary/aromatic N) is 3. The number of carbonyl (C=O) groups is 1. The summed E-state index contributed by atoms with van der Waals surface area (Å²) in [7, 11) is 0. The molecule has 0 saturated carbocycles. The maximum Gasteiger partial charge on any atom is 0.195 e. The molecule has 6 nitrogen and oxygen atoms in total. The average molecular weight is 460 g/mol. The van der Waals surface area contributed by atoms with Crippen LogP contribution in [0.2, 0.25) is 0 Å². The lowest BCUT2D eigenvalue weighted by atomic mass is 10.1. The summed E-state index contributed by atoms with van der Waals surface area (Å²) in [6, 6.07) is 27.0. The third-order valence-corrected chi connectivity index (χ3v) is 6.10. The molecule has 0 amide bonds. The Hall–Kier alpha value is -3.42. The lowest BCUT2D eigenvalue weighted by molar-refractivity contribution is 0.101. The SMILES string of the molecule is CC(=O)c1ccc(OC[C@@H](O)CSc2nnc(Cc3ccccc3)n2-c2ccccc2)cc1. The van der Waals surface area contributed by atoms with E-state index in [0.717, 1.165) is 22.2 Å². The zero-order valence-corrected chi connectivity index (χ0v) is 19.1. The molecule has 0 aliphatic carbocycles. The minimum Gasteiger partial charge on any atom is -0.491 e. The second-order valence-corrected chi connectivity index (χ2v) is 8.58. The number of ketones is 1. The van der Waals surface area contributed by atoms with Gasteiger partial charge in [0.05, 0.1) is 6.10 Å². The lowest BCUT2D eigenvalue weighted by Crippen LogP contribution is -2.20. The molecule has 1 atom stereocenters. The Morgan fingerprint density at radius 2 is 1.64 bits per heavy atom. The predicted octanol–water partition coefficient (Wildman–Crippen LogP) is 4.59. The Balaban J connectivity index is 1.42. The minimum atomic E-state index is -0.694. The van der Waals surface area contributed by atoms with Crippen molar-refractivity contribution in [3.63, 3.8) is 0 Å². The number of benzene rings is 3. The van der Waals surface area contributed by atoms with Crippen molar-refractivity contribution in [3.05, 3.63) is 102 Å². The maximum atomic E-state index is 11.4. The summed E-state index contributed by atoms with van der Waals surface area (Å²) < 4.78 is 7.71. The monoisotopic (exact) mass is 459 g/mol. The van der Waals surface area contributed by atoms with E-state index in [0.29, 0.717) is 23.5 Å². The number of Topliss-reactive ketones (excluding diaryl/α,β-unsaturated/α-hetero) is 1. The second-order valence-electron chi connectivity index (χ2n) is 7.59. The van der Waals surface area contributed by atoms with Crippen molar-refractivity contribution in [3.8, 4) is 11.4 Å². The fourth-order valence-corrected chi connectivity index (χ4v) is 4.20. The molecule has 0 unspecified atom stereocenters. The summed E-state index contributed by atoms with van der Waals surface area (Å²) in [6.07, 6.45) is -0.0356. The van der Waals surface area contributed by atoms with Crippen molar-refractivity contribution >= 4 is 17.5 Å². The zero-order valence-electron chi connectivity index (χ0n) is 18.3. The molecule has 0 aliphatic rings. The van der Waals surface area contributed by atoms with Gasteiger partial charge in [-0.3, -0.25) is 9.36 Å². The highest BCUT2D eigenvalue weighted by molar-refractivity contribution is 7.99. The van der Waals surface area contributed by atoms with Gasteiger partial charge in [-0.15, -0.1) is 10.2 Å². The number of aliphatic hydroxyl groups excluding tert-OH is 1. The molecule has 3 aromatic carbocycles. The topological polar surface area (TPSA) is 77.2 Å². The molecule has 1 heterocycles. The van der Waals surface area contributed by atoms with Crippen LogP contribution in [0.25, 0.3) is 5.69 Å². The van der Waals surface area contributed by atoms with Crippen LogP contribution in [0.1, 0.15) is 28.7 Å². The minimum absolute atomic E-state index is 0.00662. The Bertz CT molecular complexity index is 1180. The largest absolute Gasteiger partial charge is 0.491 e. The summed E-state index contributed by atoms with van der Waals surface area (Å²) in [5, 5.41) is 20.0. The molecule has 1 N–H and O–H groups in total. The summed E-state index contributed by atoms with van der Waals surface area (Å²) in [5.41, 5.74) is 2.76. The first-order chi connectivity index (χ1) is 16.1. The van der Waals surface area contributed by atoms with E-state index in [2.05, 4.69) is 22.3 Å². The smallest absolute Gasteiger partial charge is 0.195 e. The van der Waals surface area contributed by atoms with E-state index in [4.69, 9.17) is 4.74 Å². The normalized spacial score (nSPS) is 11.8. The quantitative estimate of drug-likeness (QED) is 0.276. The van der Waals surface area contributed by atoms with Crippen LogP contribution in [0.15, 0.2) is 90.1 Å². The van der Waals surface area contributed by atoms with Gasteiger partial charge in [0.2, 0.25) is 0 Å². The van der Waals surface area contributed by atoms with Crippen LogP contribution in [0.5, 0.6) is 5.75 Å². The van der Waals surface area contributed by atoms with Crippen molar-refractivity contribution in [2.75, 3.05) is 12.4 Å². The van der Waals surface area contributed by atoms with Crippen LogP contribution >= 0.6 is 11.8 Å². The lowest BCUT2D eigenvalue weighted by Gasteiger charge is -2.13. The van der Waals surface area contributed by atoms with Gasteiger partial charge in [0.15, 0.2) is 10.9 Å². The van der Waals surface area contributed by atoms with Crippen molar-refractivity contribution in [1.29, 1.82) is 0 Å². The van der Waals surface area contributed by atoms with Crippen molar-refractivity contribution in [2.24, 2.45) is 0 Å². The zero-order chi connectivity index (χ0) is 23.0. The molecule has 0 fully saturated rings. The maximum absolute atomic E-state index is 11.4. The van der Waals surface area contributed by atoms with Crippen LogP contribution in [0, 0.1) is 0 Å². The first-order valence-electron chi connectivity index (χ1n) is 10.7. The number of ether oxygens (including phenoxy) is 1. The number of rotatable bonds is 10. The van der Waals surface area contributed by atoms with E-state index in [9.17, 15) is 9.90 Å². The Morgan fingerprint density at radius 3 is 2.30 bits per heavy atom. The van der Waals surface area contributed by atoms with Gasteiger partial charge in [-0.2, -0.15) is 0 Å². The molecule has 0 radical (unpaired) electrons. The van der Waals surface area contributed by atoms with Gasteiger partial charge < -0.3 is 9.84 Å². The number of carbonyl (C=O) groups excluding carboxylic acids is 1. The second kappa shape index (κ2) is 10.9. The third-order valence-electron chi connectivity index (χ3n) is 5.03.